The standard InChI is InChI=1S/C22H15N3S/c1-14-25-21-5-3-17(13-22(21)26-14)16-2-4-20-19(12-16)18(8-11-24-20)15-6-9-23-10-7-15/h2-13H,1H3. The van der Waals surface area contributed by atoms with Gasteiger partial charge in [0.05, 0.1) is 20.7 Å². The number of thiazole rings is 1. The lowest BCUT2D eigenvalue weighted by Crippen LogP contribution is -1.86. The number of aromatic nitrogens is 3. The van der Waals surface area contributed by atoms with Crippen LogP contribution in [-0.4, -0.2) is 15.0 Å². The summed E-state index contributed by atoms with van der Waals surface area (Å²) in [5, 5.41) is 2.25. The Morgan fingerprint density at radius 1 is 0.731 bits per heavy atom. The van der Waals surface area contributed by atoms with Crippen LogP contribution in [0.4, 0.5) is 0 Å². The molecule has 0 aliphatic carbocycles. The molecule has 0 amide bonds. The van der Waals surface area contributed by atoms with Gasteiger partial charge in [-0.3, -0.25) is 9.97 Å². The van der Waals surface area contributed by atoms with Gasteiger partial charge in [-0.2, -0.15) is 0 Å². The van der Waals surface area contributed by atoms with Crippen molar-refractivity contribution in [3.63, 3.8) is 0 Å². The van der Waals surface area contributed by atoms with E-state index in [1.165, 1.54) is 21.4 Å². The first kappa shape index (κ1) is 15.2. The SMILES string of the molecule is Cc1nc2ccc(-c3ccc4nccc(-c5ccncc5)c4c3)cc2s1. The molecular weight excluding hydrogens is 338 g/mol. The Kier molecular flexibility index (Phi) is 3.50. The van der Waals surface area contributed by atoms with Crippen LogP contribution in [0.2, 0.25) is 0 Å². The maximum Gasteiger partial charge on any atom is 0.0907 e. The van der Waals surface area contributed by atoms with E-state index in [0.717, 1.165) is 27.0 Å². The van der Waals surface area contributed by atoms with Gasteiger partial charge in [0.25, 0.3) is 0 Å². The van der Waals surface area contributed by atoms with Gasteiger partial charge in [0.15, 0.2) is 0 Å². The Labute approximate surface area is 155 Å². The maximum atomic E-state index is 4.55. The van der Waals surface area contributed by atoms with Gasteiger partial charge in [-0.1, -0.05) is 12.1 Å². The second-order valence-corrected chi connectivity index (χ2v) is 7.48. The second kappa shape index (κ2) is 6.00. The van der Waals surface area contributed by atoms with E-state index in [9.17, 15) is 0 Å². The van der Waals surface area contributed by atoms with Crippen LogP contribution in [0.25, 0.3) is 43.4 Å². The molecule has 2 aromatic carbocycles. The largest absolute Gasteiger partial charge is 0.265 e. The molecule has 124 valence electrons. The lowest BCUT2D eigenvalue weighted by atomic mass is 9.98. The zero-order valence-electron chi connectivity index (χ0n) is 14.2. The lowest BCUT2D eigenvalue weighted by Gasteiger charge is -2.09. The smallest absolute Gasteiger partial charge is 0.0907 e. The van der Waals surface area contributed by atoms with Crippen LogP contribution in [0.3, 0.4) is 0 Å². The first-order valence-electron chi connectivity index (χ1n) is 8.45. The number of rotatable bonds is 2. The normalized spacial score (nSPS) is 11.3. The summed E-state index contributed by atoms with van der Waals surface area (Å²) in [5.74, 6) is 0. The number of aryl methyl sites for hydroxylation is 1. The summed E-state index contributed by atoms with van der Waals surface area (Å²) in [7, 11) is 0. The van der Waals surface area contributed by atoms with Crippen molar-refractivity contribution in [3.05, 3.63) is 78.2 Å². The average molecular weight is 353 g/mol. The molecule has 0 aliphatic rings. The molecule has 26 heavy (non-hydrogen) atoms. The van der Waals surface area contributed by atoms with Crippen molar-refractivity contribution in [2.45, 2.75) is 6.92 Å². The Balaban J connectivity index is 1.71. The van der Waals surface area contributed by atoms with Crippen molar-refractivity contribution in [2.24, 2.45) is 0 Å². The maximum absolute atomic E-state index is 4.55. The number of hydrogen-bond acceptors (Lipinski definition) is 4. The minimum absolute atomic E-state index is 0.998. The van der Waals surface area contributed by atoms with E-state index in [1.54, 1.807) is 11.3 Å². The minimum atomic E-state index is 0.998. The van der Waals surface area contributed by atoms with Gasteiger partial charge in [0, 0.05) is 24.0 Å². The second-order valence-electron chi connectivity index (χ2n) is 6.24. The Morgan fingerprint density at radius 3 is 2.35 bits per heavy atom. The summed E-state index contributed by atoms with van der Waals surface area (Å²) in [4.78, 5) is 13.2. The zero-order chi connectivity index (χ0) is 17.5. The molecule has 3 aromatic heterocycles. The molecule has 3 nitrogen and oxygen atoms in total. The minimum Gasteiger partial charge on any atom is -0.265 e. The van der Waals surface area contributed by atoms with Crippen molar-refractivity contribution in [3.8, 4) is 22.3 Å². The van der Waals surface area contributed by atoms with E-state index in [-0.39, 0.29) is 0 Å². The topological polar surface area (TPSA) is 38.7 Å². The highest BCUT2D eigenvalue weighted by atomic mass is 32.1. The molecule has 3 heterocycles. The number of fused-ring (bicyclic) bond motifs is 2. The first-order valence-corrected chi connectivity index (χ1v) is 9.26. The van der Waals surface area contributed by atoms with Gasteiger partial charge in [-0.15, -0.1) is 11.3 Å². The molecule has 5 rings (SSSR count). The summed E-state index contributed by atoms with van der Waals surface area (Å²) in [6, 6.07) is 19.1. The predicted molar refractivity (Wildman–Crippen MR) is 108 cm³/mol. The van der Waals surface area contributed by atoms with Crippen molar-refractivity contribution >= 4 is 32.5 Å². The number of benzene rings is 2. The highest BCUT2D eigenvalue weighted by Crippen LogP contribution is 2.33. The first-order chi connectivity index (χ1) is 12.8. The molecular formula is C22H15N3S. The molecule has 0 aliphatic heterocycles. The predicted octanol–water partition coefficient (Wildman–Crippen LogP) is 5.88. The van der Waals surface area contributed by atoms with Crippen molar-refractivity contribution in [1.82, 2.24) is 15.0 Å². The van der Waals surface area contributed by atoms with E-state index in [0.29, 0.717) is 0 Å². The molecule has 4 heteroatoms. The van der Waals surface area contributed by atoms with Crippen molar-refractivity contribution in [1.29, 1.82) is 0 Å². The fraction of sp³-hybridized carbons (Fsp3) is 0.0455. The van der Waals surface area contributed by atoms with Gasteiger partial charge >= 0.3 is 0 Å². The molecule has 0 unspecified atom stereocenters. The third-order valence-electron chi connectivity index (χ3n) is 4.56. The highest BCUT2D eigenvalue weighted by Gasteiger charge is 2.08. The van der Waals surface area contributed by atoms with Crippen molar-refractivity contribution in [2.75, 3.05) is 0 Å². The van der Waals surface area contributed by atoms with Crippen LogP contribution >= 0.6 is 11.3 Å². The van der Waals surface area contributed by atoms with Crippen LogP contribution in [0.1, 0.15) is 5.01 Å². The van der Waals surface area contributed by atoms with Crippen LogP contribution in [0.15, 0.2) is 73.2 Å². The van der Waals surface area contributed by atoms with E-state index in [1.807, 2.05) is 37.6 Å². The van der Waals surface area contributed by atoms with Crippen LogP contribution in [0, 0.1) is 6.92 Å². The van der Waals surface area contributed by atoms with Gasteiger partial charge in [-0.05, 0) is 71.6 Å². The quantitative estimate of drug-likeness (QED) is 0.398. The van der Waals surface area contributed by atoms with Gasteiger partial charge in [-0.25, -0.2) is 4.98 Å². The summed E-state index contributed by atoms with van der Waals surface area (Å²) in [5.41, 5.74) is 6.78. The van der Waals surface area contributed by atoms with Gasteiger partial charge in [0.2, 0.25) is 0 Å². The Bertz CT molecular complexity index is 1240. The Morgan fingerprint density at radius 2 is 1.50 bits per heavy atom. The summed E-state index contributed by atoms with van der Waals surface area (Å²) >= 11 is 1.73. The molecule has 0 N–H and O–H groups in total. The zero-order valence-corrected chi connectivity index (χ0v) is 15.0. The van der Waals surface area contributed by atoms with E-state index in [4.69, 9.17) is 0 Å². The van der Waals surface area contributed by atoms with Gasteiger partial charge < -0.3 is 0 Å². The monoisotopic (exact) mass is 353 g/mol. The summed E-state index contributed by atoms with van der Waals surface area (Å²) in [6.07, 6.45) is 5.51. The molecule has 5 aromatic rings. The fourth-order valence-corrected chi connectivity index (χ4v) is 4.19. The molecule has 0 spiro atoms. The molecule has 0 saturated carbocycles. The van der Waals surface area contributed by atoms with Crippen molar-refractivity contribution < 1.29 is 0 Å². The lowest BCUT2D eigenvalue weighted by molar-refractivity contribution is 1.33. The van der Waals surface area contributed by atoms with E-state index >= 15 is 0 Å². The number of hydrogen-bond donors (Lipinski definition) is 0. The van der Waals surface area contributed by atoms with Crippen LogP contribution < -0.4 is 0 Å². The van der Waals surface area contributed by atoms with E-state index in [2.05, 4.69) is 57.4 Å². The molecule has 0 bridgehead atoms. The van der Waals surface area contributed by atoms with Gasteiger partial charge in [0.1, 0.15) is 0 Å². The number of pyridine rings is 2. The molecule has 0 saturated heterocycles. The summed E-state index contributed by atoms with van der Waals surface area (Å²) < 4.78 is 1.22. The molecule has 0 atom stereocenters. The molecule has 0 fully saturated rings. The molecule has 0 radical (unpaired) electrons. The highest BCUT2D eigenvalue weighted by molar-refractivity contribution is 7.18. The van der Waals surface area contributed by atoms with Crippen LogP contribution in [-0.2, 0) is 0 Å². The van der Waals surface area contributed by atoms with Crippen LogP contribution in [0.5, 0.6) is 0 Å². The third kappa shape index (κ3) is 2.55. The average Bonchev–Trinajstić information content (AvgIpc) is 3.07. The Hall–Kier alpha value is -3.11. The third-order valence-corrected chi connectivity index (χ3v) is 5.50. The fourth-order valence-electron chi connectivity index (χ4n) is 3.33. The number of nitrogens with zero attached hydrogens (tertiary/aromatic N) is 3. The summed E-state index contributed by atoms with van der Waals surface area (Å²) in [6.45, 7) is 2.05. The van der Waals surface area contributed by atoms with E-state index < -0.39 is 0 Å².